The summed E-state index contributed by atoms with van der Waals surface area (Å²) in [4.78, 5) is 24.8. The molecule has 7 nitrogen and oxygen atoms in total. The van der Waals surface area contributed by atoms with Crippen molar-refractivity contribution in [2.24, 2.45) is 0 Å². The molecule has 1 aliphatic carbocycles. The summed E-state index contributed by atoms with van der Waals surface area (Å²) < 4.78 is 1.67. The zero-order valence-corrected chi connectivity index (χ0v) is 15.6. The molecule has 3 N–H and O–H groups in total. The van der Waals surface area contributed by atoms with Crippen LogP contribution in [0.2, 0.25) is 5.02 Å². The molecular weight excluding hydrogens is 356 g/mol. The van der Waals surface area contributed by atoms with Crippen LogP contribution in [0, 0.1) is 0 Å². The summed E-state index contributed by atoms with van der Waals surface area (Å²) in [6.45, 7) is 5.86. The van der Waals surface area contributed by atoms with E-state index in [0.29, 0.717) is 16.6 Å². The number of hydrogen-bond donors (Lipinski definition) is 3. The number of aromatic hydroxyl groups is 1. The molecule has 3 rings (SSSR count). The fourth-order valence-electron chi connectivity index (χ4n) is 2.59. The van der Waals surface area contributed by atoms with Crippen LogP contribution in [0.25, 0.3) is 0 Å². The summed E-state index contributed by atoms with van der Waals surface area (Å²) in [5.74, 6) is -0.961. The van der Waals surface area contributed by atoms with Crippen molar-refractivity contribution in [3.05, 3.63) is 46.2 Å². The van der Waals surface area contributed by atoms with Gasteiger partial charge in [-0.05, 0) is 57.9 Å². The molecule has 8 heteroatoms. The van der Waals surface area contributed by atoms with Gasteiger partial charge in [0.25, 0.3) is 11.8 Å². The lowest BCUT2D eigenvalue weighted by molar-refractivity contribution is 0.0835. The van der Waals surface area contributed by atoms with Gasteiger partial charge in [-0.3, -0.25) is 25.1 Å². The summed E-state index contributed by atoms with van der Waals surface area (Å²) in [5.41, 5.74) is 5.53. The third-order valence-electron chi connectivity index (χ3n) is 4.08. The predicted octanol–water partition coefficient (Wildman–Crippen LogP) is 2.95. The minimum atomic E-state index is -0.664. The van der Waals surface area contributed by atoms with Gasteiger partial charge in [-0.1, -0.05) is 11.6 Å². The Hall–Kier alpha value is -2.54. The Balaban J connectivity index is 1.76. The van der Waals surface area contributed by atoms with E-state index in [1.54, 1.807) is 10.7 Å². The van der Waals surface area contributed by atoms with E-state index in [2.05, 4.69) is 16.0 Å². The fraction of sp³-hybridized carbons (Fsp3) is 0.389. The summed E-state index contributed by atoms with van der Waals surface area (Å²) >= 11 is 5.84. The van der Waals surface area contributed by atoms with Gasteiger partial charge in [0.15, 0.2) is 0 Å². The van der Waals surface area contributed by atoms with E-state index >= 15 is 0 Å². The Morgan fingerprint density at radius 1 is 1.19 bits per heavy atom. The van der Waals surface area contributed by atoms with E-state index in [9.17, 15) is 14.7 Å². The Morgan fingerprint density at radius 3 is 2.46 bits per heavy atom. The van der Waals surface area contributed by atoms with E-state index in [1.165, 1.54) is 18.2 Å². The lowest BCUT2D eigenvalue weighted by Gasteiger charge is -2.22. The smallest absolute Gasteiger partial charge is 0.287 e. The monoisotopic (exact) mass is 376 g/mol. The second-order valence-corrected chi connectivity index (χ2v) is 7.82. The largest absolute Gasteiger partial charge is 0.507 e. The van der Waals surface area contributed by atoms with Gasteiger partial charge in [-0.2, -0.15) is 5.10 Å². The molecular formula is C18H21ClN4O3. The maximum atomic E-state index is 12.6. The van der Waals surface area contributed by atoms with E-state index in [-0.39, 0.29) is 16.9 Å². The van der Waals surface area contributed by atoms with Crippen LogP contribution < -0.4 is 10.9 Å². The summed E-state index contributed by atoms with van der Waals surface area (Å²) in [6, 6.07) is 5.87. The van der Waals surface area contributed by atoms with Crippen LogP contribution in [0.4, 0.5) is 0 Å². The van der Waals surface area contributed by atoms with E-state index in [1.807, 2.05) is 20.8 Å². The number of hydrogen-bond acceptors (Lipinski definition) is 4. The van der Waals surface area contributed by atoms with Crippen LogP contribution in [-0.2, 0) is 5.54 Å². The second-order valence-electron chi connectivity index (χ2n) is 7.38. The average Bonchev–Trinajstić information content (AvgIpc) is 3.31. The highest BCUT2D eigenvalue weighted by atomic mass is 35.5. The van der Waals surface area contributed by atoms with Crippen LogP contribution in [0.1, 0.15) is 66.1 Å². The van der Waals surface area contributed by atoms with Crippen LogP contribution >= 0.6 is 11.6 Å². The van der Waals surface area contributed by atoms with Crippen LogP contribution in [0.5, 0.6) is 5.75 Å². The predicted molar refractivity (Wildman–Crippen MR) is 97.2 cm³/mol. The number of carbonyl (C=O) groups is 2. The molecule has 1 fully saturated rings. The quantitative estimate of drug-likeness (QED) is 0.717. The lowest BCUT2D eigenvalue weighted by Crippen LogP contribution is -2.43. The number of rotatable bonds is 3. The standard InChI is InChI=1S/C18H21ClN4O3/c1-18(2,3)23-14(9-13(22-23)10-4-5-10)17(26)21-20-16(25)12-8-11(19)6-7-15(12)24/h6-10,24H,4-5H2,1-3H3,(H,20,25)(H,21,26). The molecule has 2 aromatic rings. The van der Waals surface area contributed by atoms with Gasteiger partial charge < -0.3 is 5.11 Å². The van der Waals surface area contributed by atoms with Gasteiger partial charge in [0.2, 0.25) is 0 Å². The number of phenols is 1. The molecule has 0 atom stereocenters. The molecule has 0 bridgehead atoms. The summed E-state index contributed by atoms with van der Waals surface area (Å²) in [7, 11) is 0. The number of aromatic nitrogens is 2. The molecule has 0 radical (unpaired) electrons. The molecule has 1 aromatic carbocycles. The minimum Gasteiger partial charge on any atom is -0.507 e. The van der Waals surface area contributed by atoms with Crippen LogP contribution in [-0.4, -0.2) is 26.7 Å². The maximum absolute atomic E-state index is 12.6. The van der Waals surface area contributed by atoms with Crippen molar-refractivity contribution in [1.29, 1.82) is 0 Å². The van der Waals surface area contributed by atoms with Crippen molar-refractivity contribution in [2.45, 2.75) is 45.1 Å². The minimum absolute atomic E-state index is 0.0270. The average molecular weight is 377 g/mol. The van der Waals surface area contributed by atoms with Crippen molar-refractivity contribution in [2.75, 3.05) is 0 Å². The highest BCUT2D eigenvalue weighted by molar-refractivity contribution is 6.31. The van der Waals surface area contributed by atoms with E-state index < -0.39 is 11.8 Å². The van der Waals surface area contributed by atoms with E-state index in [4.69, 9.17) is 11.6 Å². The molecule has 0 spiro atoms. The number of nitrogens with zero attached hydrogens (tertiary/aromatic N) is 2. The molecule has 1 heterocycles. The number of amides is 2. The van der Waals surface area contributed by atoms with Gasteiger partial charge in [0.05, 0.1) is 16.8 Å². The number of carbonyl (C=O) groups excluding carboxylic acids is 2. The maximum Gasteiger partial charge on any atom is 0.287 e. The first-order valence-corrected chi connectivity index (χ1v) is 8.74. The molecule has 138 valence electrons. The fourth-order valence-corrected chi connectivity index (χ4v) is 2.76. The third-order valence-corrected chi connectivity index (χ3v) is 4.32. The molecule has 0 aliphatic heterocycles. The Kier molecular flexibility index (Phi) is 4.66. The van der Waals surface area contributed by atoms with Crippen molar-refractivity contribution in [3.8, 4) is 5.75 Å². The van der Waals surface area contributed by atoms with E-state index in [0.717, 1.165) is 18.5 Å². The van der Waals surface area contributed by atoms with Crippen molar-refractivity contribution >= 4 is 23.4 Å². The molecule has 0 unspecified atom stereocenters. The van der Waals surface area contributed by atoms with Gasteiger partial charge in [0, 0.05) is 10.9 Å². The topological polar surface area (TPSA) is 96.3 Å². The van der Waals surface area contributed by atoms with Gasteiger partial charge in [0.1, 0.15) is 11.4 Å². The van der Waals surface area contributed by atoms with Crippen LogP contribution in [0.15, 0.2) is 24.3 Å². The summed E-state index contributed by atoms with van der Waals surface area (Å²) in [6.07, 6.45) is 2.15. The Bertz CT molecular complexity index is 866. The Labute approximate surface area is 156 Å². The van der Waals surface area contributed by atoms with Gasteiger partial charge >= 0.3 is 0 Å². The van der Waals surface area contributed by atoms with Crippen molar-refractivity contribution < 1.29 is 14.7 Å². The molecule has 26 heavy (non-hydrogen) atoms. The normalized spacial score (nSPS) is 14.2. The first kappa shape index (κ1) is 18.3. The number of halogens is 1. The van der Waals surface area contributed by atoms with Gasteiger partial charge in [-0.15, -0.1) is 0 Å². The third kappa shape index (κ3) is 3.83. The first-order valence-electron chi connectivity index (χ1n) is 8.36. The second kappa shape index (κ2) is 6.64. The molecule has 1 aromatic heterocycles. The SMILES string of the molecule is CC(C)(C)n1nc(C2CC2)cc1C(=O)NNC(=O)c1cc(Cl)ccc1O. The van der Waals surface area contributed by atoms with Crippen molar-refractivity contribution in [1.82, 2.24) is 20.6 Å². The van der Waals surface area contributed by atoms with Gasteiger partial charge in [-0.25, -0.2) is 0 Å². The highest BCUT2D eigenvalue weighted by Crippen LogP contribution is 2.40. The van der Waals surface area contributed by atoms with Crippen LogP contribution in [0.3, 0.4) is 0 Å². The summed E-state index contributed by atoms with van der Waals surface area (Å²) in [5, 5.41) is 14.6. The first-order chi connectivity index (χ1) is 12.2. The Morgan fingerprint density at radius 2 is 1.85 bits per heavy atom. The zero-order valence-electron chi connectivity index (χ0n) is 14.8. The highest BCUT2D eigenvalue weighted by Gasteiger charge is 2.31. The molecule has 0 saturated heterocycles. The molecule has 1 saturated carbocycles. The molecule has 2 amide bonds. The number of phenolic OH excluding ortho intramolecular Hbond substituents is 1. The number of benzene rings is 1. The zero-order chi connectivity index (χ0) is 19.1. The number of hydrazine groups is 1. The number of nitrogens with one attached hydrogen (secondary N) is 2. The van der Waals surface area contributed by atoms with Crippen molar-refractivity contribution in [3.63, 3.8) is 0 Å². The lowest BCUT2D eigenvalue weighted by atomic mass is 10.1. The molecule has 1 aliphatic rings.